The third-order valence-electron chi connectivity index (χ3n) is 4.61. The van der Waals surface area contributed by atoms with Gasteiger partial charge in [-0.1, -0.05) is 18.2 Å². The highest BCUT2D eigenvalue weighted by atomic mass is 16.2. The predicted molar refractivity (Wildman–Crippen MR) is 103 cm³/mol. The zero-order valence-corrected chi connectivity index (χ0v) is 14.8. The van der Waals surface area contributed by atoms with E-state index in [1.54, 1.807) is 16.9 Å². The number of carbonyl (C=O) groups excluding carboxylic acids is 2. The lowest BCUT2D eigenvalue weighted by Crippen LogP contribution is -2.24. The fourth-order valence-electron chi connectivity index (χ4n) is 3.25. The van der Waals surface area contributed by atoms with Crippen LogP contribution < -0.4 is 5.32 Å². The summed E-state index contributed by atoms with van der Waals surface area (Å²) in [6.45, 7) is 1.34. The van der Waals surface area contributed by atoms with Crippen molar-refractivity contribution in [2.45, 2.75) is 19.4 Å². The van der Waals surface area contributed by atoms with E-state index in [1.807, 2.05) is 59.6 Å². The van der Waals surface area contributed by atoms with Gasteiger partial charge in [0.2, 0.25) is 5.91 Å². The fraction of sp³-hybridized carbons (Fsp3) is 0.190. The Bertz CT molecular complexity index is 966. The third-order valence-corrected chi connectivity index (χ3v) is 4.61. The van der Waals surface area contributed by atoms with E-state index in [-0.39, 0.29) is 11.8 Å². The van der Waals surface area contributed by atoms with Crippen molar-refractivity contribution in [2.75, 3.05) is 11.9 Å². The van der Waals surface area contributed by atoms with E-state index in [1.165, 1.54) is 0 Å². The summed E-state index contributed by atoms with van der Waals surface area (Å²) in [5.74, 6) is 0.00232. The molecule has 6 heteroatoms. The Morgan fingerprint density at radius 2 is 2.00 bits per heavy atom. The average Bonchev–Trinajstić information content (AvgIpc) is 3.35. The number of aromatic nitrogens is 2. The molecule has 3 aromatic rings. The second-order valence-corrected chi connectivity index (χ2v) is 6.57. The average molecular weight is 360 g/mol. The molecule has 0 spiro atoms. The Kier molecular flexibility index (Phi) is 4.70. The van der Waals surface area contributed by atoms with Gasteiger partial charge in [-0.2, -0.15) is 5.10 Å². The van der Waals surface area contributed by atoms with Crippen LogP contribution >= 0.6 is 0 Å². The van der Waals surface area contributed by atoms with Crippen molar-refractivity contribution < 1.29 is 9.59 Å². The summed E-state index contributed by atoms with van der Waals surface area (Å²) in [4.78, 5) is 26.3. The number of likely N-dealkylation sites (tertiary alicyclic amines) is 1. The largest absolute Gasteiger partial charge is 0.338 e. The van der Waals surface area contributed by atoms with Crippen LogP contribution in [0.25, 0.3) is 5.69 Å². The van der Waals surface area contributed by atoms with Crippen molar-refractivity contribution in [3.05, 3.63) is 78.1 Å². The van der Waals surface area contributed by atoms with Crippen LogP contribution in [0, 0.1) is 0 Å². The van der Waals surface area contributed by atoms with Crippen molar-refractivity contribution in [1.29, 1.82) is 0 Å². The van der Waals surface area contributed by atoms with Crippen molar-refractivity contribution >= 4 is 17.5 Å². The Morgan fingerprint density at radius 1 is 1.11 bits per heavy atom. The molecule has 1 aliphatic rings. The van der Waals surface area contributed by atoms with Crippen molar-refractivity contribution in [3.63, 3.8) is 0 Å². The molecular weight excluding hydrogens is 340 g/mol. The number of hydrogen-bond acceptors (Lipinski definition) is 3. The van der Waals surface area contributed by atoms with Gasteiger partial charge >= 0.3 is 0 Å². The summed E-state index contributed by atoms with van der Waals surface area (Å²) >= 11 is 0. The van der Waals surface area contributed by atoms with Crippen LogP contribution in [-0.4, -0.2) is 33.0 Å². The molecule has 2 heterocycles. The summed E-state index contributed by atoms with van der Waals surface area (Å²) in [6.07, 6.45) is 5.09. The zero-order valence-electron chi connectivity index (χ0n) is 14.8. The van der Waals surface area contributed by atoms with E-state index in [9.17, 15) is 9.59 Å². The Labute approximate surface area is 157 Å². The Balaban J connectivity index is 1.48. The molecule has 0 bridgehead atoms. The quantitative estimate of drug-likeness (QED) is 0.759. The Morgan fingerprint density at radius 3 is 2.78 bits per heavy atom. The standard InChI is InChI=1S/C21H20N4O2/c26-20-9-3-11-24(20)15-16-5-1-6-17(13-16)21(27)23-18-7-2-8-19(14-18)25-12-4-10-22-25/h1-2,4-8,10,12-14H,3,9,11,15H2,(H,23,27). The number of anilines is 1. The number of benzene rings is 2. The molecule has 0 aliphatic carbocycles. The van der Waals surface area contributed by atoms with E-state index in [4.69, 9.17) is 0 Å². The number of nitrogens with zero attached hydrogens (tertiary/aromatic N) is 3. The minimum Gasteiger partial charge on any atom is -0.338 e. The SMILES string of the molecule is O=C(Nc1cccc(-n2cccn2)c1)c1cccc(CN2CCCC2=O)c1. The fourth-order valence-corrected chi connectivity index (χ4v) is 3.25. The van der Waals surface area contributed by atoms with Gasteiger partial charge in [0.1, 0.15) is 0 Å². The first-order chi connectivity index (χ1) is 13.2. The van der Waals surface area contributed by atoms with Gasteiger partial charge in [0.25, 0.3) is 5.91 Å². The molecule has 1 aromatic heterocycles. The Hall–Kier alpha value is -3.41. The van der Waals surface area contributed by atoms with Gasteiger partial charge in [-0.05, 0) is 48.4 Å². The molecule has 1 fully saturated rings. The molecule has 2 aromatic carbocycles. The van der Waals surface area contributed by atoms with E-state index in [0.717, 1.165) is 24.2 Å². The molecule has 0 radical (unpaired) electrons. The van der Waals surface area contributed by atoms with Crippen LogP contribution in [-0.2, 0) is 11.3 Å². The highest BCUT2D eigenvalue weighted by molar-refractivity contribution is 6.04. The first-order valence-electron chi connectivity index (χ1n) is 8.97. The van der Waals surface area contributed by atoms with Gasteiger partial charge in [-0.3, -0.25) is 9.59 Å². The maximum Gasteiger partial charge on any atom is 0.255 e. The second-order valence-electron chi connectivity index (χ2n) is 6.57. The van der Waals surface area contributed by atoms with Gasteiger partial charge in [0.15, 0.2) is 0 Å². The summed E-state index contributed by atoms with van der Waals surface area (Å²) in [6, 6.07) is 16.8. The molecule has 0 atom stereocenters. The number of rotatable bonds is 5. The molecule has 4 rings (SSSR count). The van der Waals surface area contributed by atoms with Crippen LogP contribution in [0.5, 0.6) is 0 Å². The van der Waals surface area contributed by atoms with Gasteiger partial charge in [-0.15, -0.1) is 0 Å². The maximum absolute atomic E-state index is 12.7. The van der Waals surface area contributed by atoms with Crippen LogP contribution in [0.1, 0.15) is 28.8 Å². The van der Waals surface area contributed by atoms with Crippen molar-refractivity contribution in [3.8, 4) is 5.69 Å². The van der Waals surface area contributed by atoms with Gasteiger partial charge in [-0.25, -0.2) is 4.68 Å². The topological polar surface area (TPSA) is 67.2 Å². The lowest BCUT2D eigenvalue weighted by atomic mass is 10.1. The highest BCUT2D eigenvalue weighted by Gasteiger charge is 2.20. The summed E-state index contributed by atoms with van der Waals surface area (Å²) in [5, 5.41) is 7.13. The normalized spacial score (nSPS) is 13.8. The molecule has 1 saturated heterocycles. The molecule has 6 nitrogen and oxygen atoms in total. The monoisotopic (exact) mass is 360 g/mol. The lowest BCUT2D eigenvalue weighted by Gasteiger charge is -2.16. The maximum atomic E-state index is 12.7. The minimum absolute atomic E-state index is 0.179. The lowest BCUT2D eigenvalue weighted by molar-refractivity contribution is -0.128. The van der Waals surface area contributed by atoms with Gasteiger partial charge in [0.05, 0.1) is 5.69 Å². The molecule has 1 aliphatic heterocycles. The molecule has 27 heavy (non-hydrogen) atoms. The van der Waals surface area contributed by atoms with E-state index < -0.39 is 0 Å². The van der Waals surface area contributed by atoms with E-state index >= 15 is 0 Å². The number of amides is 2. The number of hydrogen-bond donors (Lipinski definition) is 1. The van der Waals surface area contributed by atoms with Crippen LogP contribution in [0.3, 0.4) is 0 Å². The smallest absolute Gasteiger partial charge is 0.255 e. The second kappa shape index (κ2) is 7.45. The molecular formula is C21H20N4O2. The molecule has 136 valence electrons. The summed E-state index contributed by atoms with van der Waals surface area (Å²) in [7, 11) is 0. The first-order valence-corrected chi connectivity index (χ1v) is 8.97. The molecule has 0 saturated carbocycles. The van der Waals surface area contributed by atoms with Crippen LogP contribution in [0.15, 0.2) is 67.0 Å². The summed E-state index contributed by atoms with van der Waals surface area (Å²) in [5.41, 5.74) is 3.11. The first kappa shape index (κ1) is 17.0. The third kappa shape index (κ3) is 3.89. The van der Waals surface area contributed by atoms with Crippen LogP contribution in [0.4, 0.5) is 5.69 Å². The molecule has 2 amide bonds. The molecule has 1 N–H and O–H groups in total. The minimum atomic E-state index is -0.179. The predicted octanol–water partition coefficient (Wildman–Crippen LogP) is 3.25. The number of nitrogens with one attached hydrogen (secondary N) is 1. The van der Waals surface area contributed by atoms with Gasteiger partial charge < -0.3 is 10.2 Å². The highest BCUT2D eigenvalue weighted by Crippen LogP contribution is 2.17. The summed E-state index contributed by atoms with van der Waals surface area (Å²) < 4.78 is 1.74. The number of carbonyl (C=O) groups is 2. The van der Waals surface area contributed by atoms with Gasteiger partial charge in [0, 0.05) is 43.2 Å². The van der Waals surface area contributed by atoms with Crippen LogP contribution in [0.2, 0.25) is 0 Å². The van der Waals surface area contributed by atoms with E-state index in [0.29, 0.717) is 24.2 Å². The zero-order chi connectivity index (χ0) is 18.6. The van der Waals surface area contributed by atoms with Crippen molar-refractivity contribution in [2.24, 2.45) is 0 Å². The van der Waals surface area contributed by atoms with Crippen molar-refractivity contribution in [1.82, 2.24) is 14.7 Å². The molecule has 0 unspecified atom stereocenters. The van der Waals surface area contributed by atoms with E-state index in [2.05, 4.69) is 10.4 Å².